The van der Waals surface area contributed by atoms with E-state index in [0.717, 1.165) is 11.3 Å². The highest BCUT2D eigenvalue weighted by Crippen LogP contribution is 2.30. The van der Waals surface area contributed by atoms with Crippen molar-refractivity contribution in [3.63, 3.8) is 0 Å². The van der Waals surface area contributed by atoms with Crippen LogP contribution >= 0.6 is 0 Å². The van der Waals surface area contributed by atoms with E-state index in [1.165, 1.54) is 4.90 Å². The lowest BCUT2D eigenvalue weighted by molar-refractivity contribution is -0.140. The Morgan fingerprint density at radius 2 is 1.67 bits per heavy atom. The molecule has 140 valence electrons. The van der Waals surface area contributed by atoms with Crippen molar-refractivity contribution in [2.24, 2.45) is 0 Å². The Kier molecular flexibility index (Phi) is 5.76. The topological polar surface area (TPSA) is 67.9 Å². The number of para-hydroxylation sites is 1. The van der Waals surface area contributed by atoms with Crippen LogP contribution in [0.3, 0.4) is 0 Å². The van der Waals surface area contributed by atoms with Gasteiger partial charge in [-0.3, -0.25) is 0 Å². The average Bonchev–Trinajstić information content (AvgIpc) is 2.70. The lowest BCUT2D eigenvalue weighted by atomic mass is 9.95. The minimum Gasteiger partial charge on any atom is -0.490 e. The van der Waals surface area contributed by atoms with E-state index in [0.29, 0.717) is 11.3 Å². The molecule has 2 amide bonds. The van der Waals surface area contributed by atoms with Gasteiger partial charge in [0.25, 0.3) is 0 Å². The number of amides is 2. The van der Waals surface area contributed by atoms with E-state index in [9.17, 15) is 9.59 Å². The van der Waals surface area contributed by atoms with Gasteiger partial charge in [-0.2, -0.15) is 0 Å². The summed E-state index contributed by atoms with van der Waals surface area (Å²) >= 11 is 0. The van der Waals surface area contributed by atoms with Crippen LogP contribution in [0.5, 0.6) is 5.75 Å². The Labute approximate surface area is 158 Å². The second kappa shape index (κ2) is 8.40. The van der Waals surface area contributed by atoms with Gasteiger partial charge >= 0.3 is 12.0 Å². The van der Waals surface area contributed by atoms with Crippen LogP contribution in [0.25, 0.3) is 0 Å². The number of carbonyl (C=O) groups is 2. The Morgan fingerprint density at radius 3 is 2.33 bits per heavy atom. The van der Waals surface area contributed by atoms with Gasteiger partial charge in [0.15, 0.2) is 0 Å². The molecule has 1 aliphatic rings. The summed E-state index contributed by atoms with van der Waals surface area (Å²) in [4.78, 5) is 26.3. The molecule has 1 atom stereocenters. The minimum atomic E-state index is -0.544. The van der Waals surface area contributed by atoms with Crippen molar-refractivity contribution in [2.75, 3.05) is 20.3 Å². The number of ether oxygens (including phenoxy) is 2. The van der Waals surface area contributed by atoms with Gasteiger partial charge in [-0.1, -0.05) is 48.5 Å². The number of benzene rings is 2. The molecule has 0 radical (unpaired) electrons. The van der Waals surface area contributed by atoms with Gasteiger partial charge in [0.05, 0.1) is 11.6 Å². The zero-order valence-corrected chi connectivity index (χ0v) is 15.3. The summed E-state index contributed by atoms with van der Waals surface area (Å²) in [7, 11) is 1.62. The fraction of sp³-hybridized carbons (Fsp3) is 0.238. The first kappa shape index (κ1) is 18.5. The molecular formula is C21H22N2O4. The number of carbonyl (C=O) groups excluding carboxylic acids is 2. The predicted molar refractivity (Wildman–Crippen MR) is 101 cm³/mol. The van der Waals surface area contributed by atoms with Gasteiger partial charge in [-0.15, -0.1) is 0 Å². The van der Waals surface area contributed by atoms with E-state index < -0.39 is 12.0 Å². The van der Waals surface area contributed by atoms with Crippen molar-refractivity contribution in [1.82, 2.24) is 10.2 Å². The number of rotatable bonds is 6. The lowest BCUT2D eigenvalue weighted by Gasteiger charge is -2.33. The SMILES string of the molecule is CC1=C(C(=O)OCCOc2ccccc2)[C@H](c2ccccc2)NC(=O)N1C. The smallest absolute Gasteiger partial charge is 0.338 e. The highest BCUT2D eigenvalue weighted by atomic mass is 16.6. The number of hydrogen-bond donors (Lipinski definition) is 1. The molecule has 27 heavy (non-hydrogen) atoms. The van der Waals surface area contributed by atoms with Gasteiger partial charge in [0.2, 0.25) is 0 Å². The summed E-state index contributed by atoms with van der Waals surface area (Å²) in [6, 6.07) is 17.9. The monoisotopic (exact) mass is 366 g/mol. The summed E-state index contributed by atoms with van der Waals surface area (Å²) in [5.74, 6) is 0.251. The summed E-state index contributed by atoms with van der Waals surface area (Å²) < 4.78 is 11.0. The molecule has 2 aromatic carbocycles. The van der Waals surface area contributed by atoms with E-state index in [1.54, 1.807) is 14.0 Å². The Morgan fingerprint density at radius 1 is 1.04 bits per heavy atom. The molecule has 2 aromatic rings. The maximum atomic E-state index is 12.7. The highest BCUT2D eigenvalue weighted by Gasteiger charge is 2.34. The first-order valence-corrected chi connectivity index (χ1v) is 8.73. The van der Waals surface area contributed by atoms with Crippen LogP contribution in [0.1, 0.15) is 18.5 Å². The summed E-state index contributed by atoms with van der Waals surface area (Å²) in [5.41, 5.74) is 1.82. The Bertz CT molecular complexity index is 834. The fourth-order valence-corrected chi connectivity index (χ4v) is 2.88. The van der Waals surface area contributed by atoms with Crippen LogP contribution < -0.4 is 10.1 Å². The van der Waals surface area contributed by atoms with Crippen LogP contribution in [0.2, 0.25) is 0 Å². The third-order valence-electron chi connectivity index (χ3n) is 4.44. The van der Waals surface area contributed by atoms with Gasteiger partial charge in [0, 0.05) is 12.7 Å². The van der Waals surface area contributed by atoms with Crippen molar-refractivity contribution in [1.29, 1.82) is 0 Å². The highest BCUT2D eigenvalue weighted by molar-refractivity contribution is 5.94. The molecule has 0 saturated carbocycles. The van der Waals surface area contributed by atoms with Crippen molar-refractivity contribution >= 4 is 12.0 Å². The van der Waals surface area contributed by atoms with Crippen molar-refractivity contribution in [2.45, 2.75) is 13.0 Å². The number of esters is 1. The molecule has 0 bridgehead atoms. The van der Waals surface area contributed by atoms with Crippen LogP contribution in [-0.2, 0) is 9.53 Å². The third-order valence-corrected chi connectivity index (χ3v) is 4.44. The molecule has 3 rings (SSSR count). The lowest BCUT2D eigenvalue weighted by Crippen LogP contribution is -2.46. The summed E-state index contributed by atoms with van der Waals surface area (Å²) in [6.07, 6.45) is 0. The maximum absolute atomic E-state index is 12.7. The molecule has 6 nitrogen and oxygen atoms in total. The number of hydrogen-bond acceptors (Lipinski definition) is 4. The molecule has 1 N–H and O–H groups in total. The number of nitrogens with one attached hydrogen (secondary N) is 1. The predicted octanol–water partition coefficient (Wildman–Crippen LogP) is 3.28. The molecule has 0 saturated heterocycles. The van der Waals surface area contributed by atoms with Gasteiger partial charge < -0.3 is 19.7 Å². The van der Waals surface area contributed by atoms with E-state index in [4.69, 9.17) is 9.47 Å². The Hall–Kier alpha value is -3.28. The van der Waals surface area contributed by atoms with E-state index in [1.807, 2.05) is 60.7 Å². The van der Waals surface area contributed by atoms with Crippen molar-refractivity contribution in [3.05, 3.63) is 77.5 Å². The first-order valence-electron chi connectivity index (χ1n) is 8.73. The third kappa shape index (κ3) is 4.28. The number of nitrogens with zero attached hydrogens (tertiary/aromatic N) is 1. The zero-order valence-electron chi connectivity index (χ0n) is 15.3. The summed E-state index contributed by atoms with van der Waals surface area (Å²) in [5, 5.41) is 2.86. The standard InChI is InChI=1S/C21H22N2O4/c1-15-18(20(24)27-14-13-26-17-11-7-4-8-12-17)19(22-21(25)23(15)2)16-9-5-3-6-10-16/h3-12,19H,13-14H2,1-2H3,(H,22,25)/t19-/m0/s1. The second-order valence-corrected chi connectivity index (χ2v) is 6.15. The van der Waals surface area contributed by atoms with Crippen LogP contribution in [0.15, 0.2) is 71.9 Å². The zero-order chi connectivity index (χ0) is 19.2. The number of allylic oxidation sites excluding steroid dienone is 1. The van der Waals surface area contributed by atoms with E-state index in [2.05, 4.69) is 5.32 Å². The molecule has 1 heterocycles. The van der Waals surface area contributed by atoms with E-state index >= 15 is 0 Å². The molecule has 0 spiro atoms. The average molecular weight is 366 g/mol. The van der Waals surface area contributed by atoms with Gasteiger partial charge in [-0.05, 0) is 24.6 Å². The summed E-state index contributed by atoms with van der Waals surface area (Å²) in [6.45, 7) is 2.11. The largest absolute Gasteiger partial charge is 0.490 e. The van der Waals surface area contributed by atoms with Crippen LogP contribution in [-0.4, -0.2) is 37.2 Å². The number of urea groups is 1. The molecule has 0 aromatic heterocycles. The maximum Gasteiger partial charge on any atom is 0.338 e. The second-order valence-electron chi connectivity index (χ2n) is 6.15. The molecule has 1 aliphatic heterocycles. The van der Waals surface area contributed by atoms with Gasteiger partial charge in [-0.25, -0.2) is 9.59 Å². The van der Waals surface area contributed by atoms with Crippen LogP contribution in [0, 0.1) is 0 Å². The molecule has 0 unspecified atom stereocenters. The quantitative estimate of drug-likeness (QED) is 0.629. The van der Waals surface area contributed by atoms with Gasteiger partial charge in [0.1, 0.15) is 19.0 Å². The first-order chi connectivity index (χ1) is 13.1. The normalized spacial score (nSPS) is 16.7. The molecule has 6 heteroatoms. The minimum absolute atomic E-state index is 0.115. The van der Waals surface area contributed by atoms with Crippen molar-refractivity contribution < 1.29 is 19.1 Å². The molecule has 0 fully saturated rings. The molecule has 0 aliphatic carbocycles. The van der Waals surface area contributed by atoms with Crippen LogP contribution in [0.4, 0.5) is 4.79 Å². The molecular weight excluding hydrogens is 344 g/mol. The fourth-order valence-electron chi connectivity index (χ4n) is 2.88. The Balaban J connectivity index is 1.70. The van der Waals surface area contributed by atoms with E-state index in [-0.39, 0.29) is 19.2 Å². The van der Waals surface area contributed by atoms with Crippen molar-refractivity contribution in [3.8, 4) is 5.75 Å².